The molecular formula is C22H16. The Morgan fingerprint density at radius 1 is 0.636 bits per heavy atom. The van der Waals surface area contributed by atoms with Crippen molar-refractivity contribution in [3.63, 3.8) is 0 Å². The molecule has 0 saturated heterocycles. The molecule has 2 atom stereocenters. The van der Waals surface area contributed by atoms with Crippen molar-refractivity contribution in [2.45, 2.75) is 11.8 Å². The third-order valence-electron chi connectivity index (χ3n) is 5.03. The first-order valence-electron chi connectivity index (χ1n) is 7.88. The van der Waals surface area contributed by atoms with Gasteiger partial charge in [0.2, 0.25) is 0 Å². The van der Waals surface area contributed by atoms with Crippen molar-refractivity contribution < 1.29 is 0 Å². The van der Waals surface area contributed by atoms with Crippen molar-refractivity contribution in [3.05, 3.63) is 101 Å². The fourth-order valence-electron chi connectivity index (χ4n) is 4.02. The third kappa shape index (κ3) is 1.58. The fourth-order valence-corrected chi connectivity index (χ4v) is 4.02. The van der Waals surface area contributed by atoms with Crippen LogP contribution in [0.5, 0.6) is 0 Å². The minimum absolute atomic E-state index is 0.472. The molecule has 0 saturated carbocycles. The van der Waals surface area contributed by atoms with Crippen LogP contribution in [0.1, 0.15) is 28.5 Å². The Hall–Kier alpha value is -2.60. The summed E-state index contributed by atoms with van der Waals surface area (Å²) < 4.78 is 0. The lowest BCUT2D eigenvalue weighted by molar-refractivity contribution is 1.05. The van der Waals surface area contributed by atoms with E-state index in [1.165, 1.54) is 33.0 Å². The van der Waals surface area contributed by atoms with E-state index in [-0.39, 0.29) is 0 Å². The van der Waals surface area contributed by atoms with E-state index in [1.807, 2.05) is 0 Å². The summed E-state index contributed by atoms with van der Waals surface area (Å²) in [6.45, 7) is 0. The number of hydrogen-bond donors (Lipinski definition) is 0. The normalized spacial score (nSPS) is 21.4. The van der Waals surface area contributed by atoms with Crippen LogP contribution in [0.4, 0.5) is 0 Å². The highest BCUT2D eigenvalue weighted by atomic mass is 14.4. The minimum atomic E-state index is 0.472. The van der Waals surface area contributed by atoms with Crippen molar-refractivity contribution in [1.29, 1.82) is 0 Å². The number of rotatable bonds is 1. The number of allylic oxidation sites excluding steroid dienone is 3. The second kappa shape index (κ2) is 4.45. The summed E-state index contributed by atoms with van der Waals surface area (Å²) in [6.07, 6.45) is 7.14. The smallest absolute Gasteiger partial charge is 0.0244 e. The van der Waals surface area contributed by atoms with Gasteiger partial charge in [0.25, 0.3) is 0 Å². The lowest BCUT2D eigenvalue weighted by atomic mass is 9.96. The topological polar surface area (TPSA) is 0 Å². The molecule has 2 aliphatic carbocycles. The molecule has 0 nitrogen and oxygen atoms in total. The first kappa shape index (κ1) is 12.0. The number of fused-ring (bicyclic) bond motifs is 6. The Morgan fingerprint density at radius 2 is 1.27 bits per heavy atom. The van der Waals surface area contributed by atoms with E-state index in [0.717, 1.165) is 0 Å². The lowest BCUT2D eigenvalue weighted by Crippen LogP contribution is -1.90. The van der Waals surface area contributed by atoms with Gasteiger partial charge < -0.3 is 0 Å². The maximum absolute atomic E-state index is 2.41. The van der Waals surface area contributed by atoms with Crippen molar-refractivity contribution in [2.24, 2.45) is 0 Å². The van der Waals surface area contributed by atoms with Gasteiger partial charge in [-0.25, -0.2) is 0 Å². The molecule has 0 N–H and O–H groups in total. The van der Waals surface area contributed by atoms with Gasteiger partial charge in [0.1, 0.15) is 0 Å². The van der Waals surface area contributed by atoms with E-state index in [9.17, 15) is 0 Å². The van der Waals surface area contributed by atoms with Gasteiger partial charge in [0, 0.05) is 11.8 Å². The first-order chi connectivity index (χ1) is 10.9. The van der Waals surface area contributed by atoms with Crippen LogP contribution in [0, 0.1) is 0 Å². The molecule has 104 valence electrons. The third-order valence-corrected chi connectivity index (χ3v) is 5.03. The highest BCUT2D eigenvalue weighted by Gasteiger charge is 2.36. The number of hydrogen-bond acceptors (Lipinski definition) is 0. The summed E-state index contributed by atoms with van der Waals surface area (Å²) in [7, 11) is 0. The molecule has 2 aliphatic rings. The van der Waals surface area contributed by atoms with Crippen LogP contribution in [0.15, 0.2) is 84.5 Å². The van der Waals surface area contributed by atoms with Gasteiger partial charge in [0.15, 0.2) is 0 Å². The minimum Gasteiger partial charge on any atom is -0.0760 e. The van der Waals surface area contributed by atoms with Crippen LogP contribution >= 0.6 is 0 Å². The molecule has 0 aromatic heterocycles. The molecule has 0 heteroatoms. The highest BCUT2D eigenvalue weighted by molar-refractivity contribution is 5.91. The fraction of sp³-hybridized carbons (Fsp3) is 0.0909. The van der Waals surface area contributed by atoms with Crippen LogP contribution < -0.4 is 0 Å². The van der Waals surface area contributed by atoms with Crippen molar-refractivity contribution in [3.8, 4) is 0 Å². The van der Waals surface area contributed by atoms with Crippen LogP contribution in [-0.2, 0) is 0 Å². The lowest BCUT2D eigenvalue weighted by Gasteiger charge is -2.08. The highest BCUT2D eigenvalue weighted by Crippen LogP contribution is 2.53. The average molecular weight is 280 g/mol. The molecular weight excluding hydrogens is 264 g/mol. The molecule has 0 radical (unpaired) electrons. The monoisotopic (exact) mass is 280 g/mol. The van der Waals surface area contributed by atoms with Crippen LogP contribution in [0.2, 0.25) is 0 Å². The van der Waals surface area contributed by atoms with E-state index in [4.69, 9.17) is 0 Å². The molecule has 3 aromatic carbocycles. The zero-order valence-electron chi connectivity index (χ0n) is 12.2. The van der Waals surface area contributed by atoms with Crippen molar-refractivity contribution >= 4 is 16.8 Å². The van der Waals surface area contributed by atoms with Crippen LogP contribution in [0.3, 0.4) is 0 Å². The summed E-state index contributed by atoms with van der Waals surface area (Å²) in [5.74, 6) is 0.945. The Morgan fingerprint density at radius 3 is 2.05 bits per heavy atom. The molecule has 0 spiro atoms. The van der Waals surface area contributed by atoms with Gasteiger partial charge in [-0.15, -0.1) is 0 Å². The van der Waals surface area contributed by atoms with Gasteiger partial charge >= 0.3 is 0 Å². The van der Waals surface area contributed by atoms with Gasteiger partial charge in [-0.05, 0) is 33.0 Å². The predicted octanol–water partition coefficient (Wildman–Crippen LogP) is 5.67. The molecule has 0 amide bonds. The van der Waals surface area contributed by atoms with Crippen LogP contribution in [0.25, 0.3) is 16.8 Å². The van der Waals surface area contributed by atoms with E-state index < -0.39 is 0 Å². The Balaban J connectivity index is 1.69. The Labute approximate surface area is 130 Å². The predicted molar refractivity (Wildman–Crippen MR) is 93.0 cm³/mol. The standard InChI is InChI=1S/C22H16/c1-2-9-17-15(6-1)7-5-8-16(17)14-22-20-12-13-21(22)19-11-4-3-10-18(19)20/h1-14,20-21H. The first-order valence-corrected chi connectivity index (χ1v) is 7.88. The molecule has 2 unspecified atom stereocenters. The second-order valence-electron chi connectivity index (χ2n) is 6.18. The second-order valence-corrected chi connectivity index (χ2v) is 6.18. The SMILES string of the molecule is C1=CC2C(=Cc3cccc4ccccc34)C1c1ccccc12. The van der Waals surface area contributed by atoms with Gasteiger partial charge in [-0.1, -0.05) is 85.0 Å². The largest absolute Gasteiger partial charge is 0.0760 e. The van der Waals surface area contributed by atoms with Gasteiger partial charge in [0.05, 0.1) is 0 Å². The molecule has 22 heavy (non-hydrogen) atoms. The number of benzene rings is 3. The molecule has 3 aromatic rings. The molecule has 0 fully saturated rings. The van der Waals surface area contributed by atoms with E-state index in [1.54, 1.807) is 0 Å². The summed E-state index contributed by atoms with van der Waals surface area (Å²) in [6, 6.07) is 24.1. The molecule has 2 bridgehead atoms. The average Bonchev–Trinajstić information content (AvgIpc) is 3.11. The molecule has 5 rings (SSSR count). The van der Waals surface area contributed by atoms with E-state index >= 15 is 0 Å². The van der Waals surface area contributed by atoms with E-state index in [2.05, 4.69) is 85.0 Å². The zero-order chi connectivity index (χ0) is 14.5. The summed E-state index contributed by atoms with van der Waals surface area (Å²) in [5.41, 5.74) is 5.83. The maximum Gasteiger partial charge on any atom is 0.0244 e. The van der Waals surface area contributed by atoms with Gasteiger partial charge in [-0.3, -0.25) is 0 Å². The van der Waals surface area contributed by atoms with E-state index in [0.29, 0.717) is 11.8 Å². The summed E-state index contributed by atoms with van der Waals surface area (Å²) in [5, 5.41) is 2.65. The summed E-state index contributed by atoms with van der Waals surface area (Å²) in [4.78, 5) is 0. The quantitative estimate of drug-likeness (QED) is 0.503. The van der Waals surface area contributed by atoms with Gasteiger partial charge in [-0.2, -0.15) is 0 Å². The zero-order valence-corrected chi connectivity index (χ0v) is 12.2. The summed E-state index contributed by atoms with van der Waals surface area (Å²) >= 11 is 0. The molecule has 0 heterocycles. The maximum atomic E-state index is 2.41. The van der Waals surface area contributed by atoms with Crippen LogP contribution in [-0.4, -0.2) is 0 Å². The molecule has 0 aliphatic heterocycles. The van der Waals surface area contributed by atoms with Crippen molar-refractivity contribution in [2.75, 3.05) is 0 Å². The van der Waals surface area contributed by atoms with Crippen molar-refractivity contribution in [1.82, 2.24) is 0 Å². The Kier molecular flexibility index (Phi) is 2.42. The Bertz CT molecular complexity index is 903.